The Morgan fingerprint density at radius 1 is 1.30 bits per heavy atom. The van der Waals surface area contributed by atoms with Gasteiger partial charge in [-0.1, -0.05) is 18.2 Å². The number of thiazole rings is 1. The van der Waals surface area contributed by atoms with Gasteiger partial charge in [0.05, 0.1) is 17.7 Å². The Morgan fingerprint density at radius 3 is 2.70 bits per heavy atom. The fourth-order valence-electron chi connectivity index (χ4n) is 2.17. The summed E-state index contributed by atoms with van der Waals surface area (Å²) in [6.45, 7) is 1.87. The Morgan fingerprint density at radius 2 is 2.09 bits per heavy atom. The SMILES string of the molecule is CC(O)(CNC(=O)c1ccc(-c2cscn2)cc1)c1cccs1. The van der Waals surface area contributed by atoms with Crippen molar-refractivity contribution in [3.05, 3.63) is 63.1 Å². The normalized spacial score (nSPS) is 13.5. The minimum absolute atomic E-state index is 0.167. The topological polar surface area (TPSA) is 62.2 Å². The van der Waals surface area contributed by atoms with Crippen LogP contribution in [0.2, 0.25) is 0 Å². The van der Waals surface area contributed by atoms with Crippen molar-refractivity contribution in [1.29, 1.82) is 0 Å². The van der Waals surface area contributed by atoms with E-state index >= 15 is 0 Å². The fourth-order valence-corrected chi connectivity index (χ4v) is 3.52. The third-order valence-electron chi connectivity index (χ3n) is 3.52. The van der Waals surface area contributed by atoms with E-state index in [1.807, 2.05) is 35.0 Å². The van der Waals surface area contributed by atoms with Crippen molar-refractivity contribution in [1.82, 2.24) is 10.3 Å². The third kappa shape index (κ3) is 3.67. The lowest BCUT2D eigenvalue weighted by molar-refractivity contribution is 0.0557. The zero-order chi connectivity index (χ0) is 16.3. The van der Waals surface area contributed by atoms with Gasteiger partial charge in [0, 0.05) is 21.4 Å². The number of carbonyl (C=O) groups is 1. The number of rotatable bonds is 5. The van der Waals surface area contributed by atoms with Gasteiger partial charge >= 0.3 is 0 Å². The first-order chi connectivity index (χ1) is 11.1. The zero-order valence-corrected chi connectivity index (χ0v) is 14.2. The Bertz CT molecular complexity index is 764. The molecule has 0 aliphatic heterocycles. The maximum Gasteiger partial charge on any atom is 0.251 e. The standard InChI is InChI=1S/C17H16N2O2S2/c1-17(21,15-3-2-8-23-15)10-18-16(20)13-6-4-12(5-7-13)14-9-22-11-19-14/h2-9,11,21H,10H2,1H3,(H,18,20). The largest absolute Gasteiger partial charge is 0.383 e. The monoisotopic (exact) mass is 344 g/mol. The molecule has 2 N–H and O–H groups in total. The average Bonchev–Trinajstić information content (AvgIpc) is 3.26. The minimum atomic E-state index is -1.07. The second-order valence-corrected chi connectivity index (χ2v) is 7.05. The van der Waals surface area contributed by atoms with Crippen LogP contribution in [0.3, 0.4) is 0 Å². The highest BCUT2D eigenvalue weighted by Gasteiger charge is 2.25. The Kier molecular flexibility index (Phi) is 4.56. The molecule has 0 bridgehead atoms. The number of amides is 1. The molecule has 1 unspecified atom stereocenters. The molecule has 0 radical (unpaired) electrons. The van der Waals surface area contributed by atoms with Crippen LogP contribution in [-0.4, -0.2) is 22.5 Å². The van der Waals surface area contributed by atoms with Crippen molar-refractivity contribution in [2.45, 2.75) is 12.5 Å². The summed E-state index contributed by atoms with van der Waals surface area (Å²) >= 11 is 3.01. The van der Waals surface area contributed by atoms with Gasteiger partial charge in [0.15, 0.2) is 0 Å². The van der Waals surface area contributed by atoms with Gasteiger partial charge in [-0.2, -0.15) is 0 Å². The number of benzene rings is 1. The number of aliphatic hydroxyl groups is 1. The molecule has 2 heterocycles. The summed E-state index contributed by atoms with van der Waals surface area (Å²) in [4.78, 5) is 17.3. The first-order valence-electron chi connectivity index (χ1n) is 7.09. The smallest absolute Gasteiger partial charge is 0.251 e. The fraction of sp³-hybridized carbons (Fsp3) is 0.176. The Labute approximate surface area is 142 Å². The van der Waals surface area contributed by atoms with E-state index in [-0.39, 0.29) is 12.5 Å². The molecule has 4 nitrogen and oxygen atoms in total. The van der Waals surface area contributed by atoms with Gasteiger partial charge < -0.3 is 10.4 Å². The van der Waals surface area contributed by atoms with Crippen molar-refractivity contribution in [2.75, 3.05) is 6.54 Å². The molecule has 0 fully saturated rings. The van der Waals surface area contributed by atoms with E-state index in [1.165, 1.54) is 22.7 Å². The molecule has 3 aromatic rings. The maximum absolute atomic E-state index is 12.2. The lowest BCUT2D eigenvalue weighted by Crippen LogP contribution is -2.38. The quantitative estimate of drug-likeness (QED) is 0.744. The number of nitrogens with zero attached hydrogens (tertiary/aromatic N) is 1. The predicted molar refractivity (Wildman–Crippen MR) is 93.8 cm³/mol. The van der Waals surface area contributed by atoms with Crippen LogP contribution in [-0.2, 0) is 5.60 Å². The van der Waals surface area contributed by atoms with E-state index in [0.29, 0.717) is 5.56 Å². The zero-order valence-electron chi connectivity index (χ0n) is 12.5. The summed E-state index contributed by atoms with van der Waals surface area (Å²) in [6.07, 6.45) is 0. The number of nitrogens with one attached hydrogen (secondary N) is 1. The summed E-state index contributed by atoms with van der Waals surface area (Å²) in [5.74, 6) is -0.202. The van der Waals surface area contributed by atoms with Crippen LogP contribution in [0.25, 0.3) is 11.3 Å². The number of hydrogen-bond donors (Lipinski definition) is 2. The maximum atomic E-state index is 12.2. The number of hydrogen-bond acceptors (Lipinski definition) is 5. The van der Waals surface area contributed by atoms with E-state index in [9.17, 15) is 9.90 Å². The van der Waals surface area contributed by atoms with Crippen molar-refractivity contribution in [3.63, 3.8) is 0 Å². The minimum Gasteiger partial charge on any atom is -0.383 e. The highest BCUT2D eigenvalue weighted by molar-refractivity contribution is 7.10. The van der Waals surface area contributed by atoms with Crippen LogP contribution in [0.4, 0.5) is 0 Å². The summed E-state index contributed by atoms with van der Waals surface area (Å²) in [5, 5.41) is 17.1. The van der Waals surface area contributed by atoms with Gasteiger partial charge in [-0.25, -0.2) is 4.98 Å². The molecule has 3 rings (SSSR count). The third-order valence-corrected chi connectivity index (χ3v) is 5.23. The Hall–Kier alpha value is -2.02. The highest BCUT2D eigenvalue weighted by Crippen LogP contribution is 2.24. The van der Waals surface area contributed by atoms with Gasteiger partial charge in [-0.3, -0.25) is 4.79 Å². The number of carbonyl (C=O) groups excluding carboxylic acids is 1. The van der Waals surface area contributed by atoms with Crippen molar-refractivity contribution in [3.8, 4) is 11.3 Å². The van der Waals surface area contributed by atoms with Crippen molar-refractivity contribution in [2.24, 2.45) is 0 Å². The summed E-state index contributed by atoms with van der Waals surface area (Å²) in [7, 11) is 0. The van der Waals surface area contributed by atoms with E-state index < -0.39 is 5.60 Å². The molecule has 0 saturated heterocycles. The molecule has 0 aliphatic rings. The van der Waals surface area contributed by atoms with Crippen LogP contribution in [0.1, 0.15) is 22.2 Å². The molecular weight excluding hydrogens is 328 g/mol. The van der Waals surface area contributed by atoms with Crippen molar-refractivity contribution < 1.29 is 9.90 Å². The van der Waals surface area contributed by atoms with Gasteiger partial charge in [0.25, 0.3) is 5.91 Å². The molecule has 0 aliphatic carbocycles. The van der Waals surface area contributed by atoms with E-state index in [0.717, 1.165) is 16.1 Å². The summed E-state index contributed by atoms with van der Waals surface area (Å²) in [5.41, 5.74) is 3.16. The molecule has 23 heavy (non-hydrogen) atoms. The molecule has 0 saturated carbocycles. The van der Waals surface area contributed by atoms with Gasteiger partial charge in [-0.15, -0.1) is 22.7 Å². The van der Waals surface area contributed by atoms with Crippen LogP contribution < -0.4 is 5.32 Å². The molecular formula is C17H16N2O2S2. The van der Waals surface area contributed by atoms with Gasteiger partial charge in [-0.05, 0) is 30.5 Å². The first kappa shape index (κ1) is 15.9. The molecule has 118 valence electrons. The van der Waals surface area contributed by atoms with Crippen LogP contribution in [0.5, 0.6) is 0 Å². The second-order valence-electron chi connectivity index (χ2n) is 5.38. The lowest BCUT2D eigenvalue weighted by Gasteiger charge is -2.22. The Balaban J connectivity index is 1.64. The first-order valence-corrected chi connectivity index (χ1v) is 8.92. The van der Waals surface area contributed by atoms with Crippen LogP contribution >= 0.6 is 22.7 Å². The molecule has 1 amide bonds. The molecule has 1 aromatic carbocycles. The van der Waals surface area contributed by atoms with Gasteiger partial charge in [0.1, 0.15) is 5.60 Å². The number of thiophene rings is 1. The molecule has 0 spiro atoms. The van der Waals surface area contributed by atoms with Crippen LogP contribution in [0, 0.1) is 0 Å². The lowest BCUT2D eigenvalue weighted by atomic mass is 10.0. The second kappa shape index (κ2) is 6.62. The van der Waals surface area contributed by atoms with E-state index in [4.69, 9.17) is 0 Å². The average molecular weight is 344 g/mol. The highest BCUT2D eigenvalue weighted by atomic mass is 32.1. The summed E-state index contributed by atoms with van der Waals surface area (Å²) < 4.78 is 0. The number of aromatic nitrogens is 1. The molecule has 6 heteroatoms. The molecule has 1 atom stereocenters. The predicted octanol–water partition coefficient (Wildman–Crippen LogP) is 3.51. The van der Waals surface area contributed by atoms with Crippen molar-refractivity contribution >= 4 is 28.6 Å². The molecule has 2 aromatic heterocycles. The van der Waals surface area contributed by atoms with E-state index in [2.05, 4.69) is 10.3 Å². The van der Waals surface area contributed by atoms with Gasteiger partial charge in [0.2, 0.25) is 0 Å². The van der Waals surface area contributed by atoms with E-state index in [1.54, 1.807) is 24.6 Å². The van der Waals surface area contributed by atoms with Crippen LogP contribution in [0.15, 0.2) is 52.7 Å². The summed E-state index contributed by atoms with van der Waals surface area (Å²) in [6, 6.07) is 11.0.